The highest BCUT2D eigenvalue weighted by Gasteiger charge is 2.10. The van der Waals surface area contributed by atoms with Gasteiger partial charge in [0.15, 0.2) is 0 Å². The van der Waals surface area contributed by atoms with E-state index in [4.69, 9.17) is 0 Å². The van der Waals surface area contributed by atoms with E-state index in [1.165, 1.54) is 12.6 Å². The minimum absolute atomic E-state index is 0.0139. The number of amides is 1. The van der Waals surface area contributed by atoms with Gasteiger partial charge in [-0.05, 0) is 49.6 Å². The number of rotatable bonds is 9. The van der Waals surface area contributed by atoms with Gasteiger partial charge in [0.05, 0.1) is 4.90 Å². The van der Waals surface area contributed by atoms with E-state index in [2.05, 4.69) is 22.2 Å². The lowest BCUT2D eigenvalue weighted by Crippen LogP contribution is -2.25. The zero-order chi connectivity index (χ0) is 18.1. The lowest BCUT2D eigenvalue weighted by molar-refractivity contribution is -0.121. The van der Waals surface area contributed by atoms with Gasteiger partial charge >= 0.3 is 0 Å². The number of aryl methyl sites for hydroxylation is 2. The van der Waals surface area contributed by atoms with E-state index in [0.717, 1.165) is 18.4 Å². The van der Waals surface area contributed by atoms with Crippen LogP contribution < -0.4 is 10.0 Å². The summed E-state index contributed by atoms with van der Waals surface area (Å²) in [6.45, 7) is 0.660. The van der Waals surface area contributed by atoms with Crippen molar-refractivity contribution in [1.29, 1.82) is 0 Å². The van der Waals surface area contributed by atoms with E-state index >= 15 is 0 Å². The summed E-state index contributed by atoms with van der Waals surface area (Å²) in [7, 11) is -2.03. The van der Waals surface area contributed by atoms with Crippen LogP contribution in [0.25, 0.3) is 0 Å². The van der Waals surface area contributed by atoms with Gasteiger partial charge in [-0.15, -0.1) is 0 Å². The van der Waals surface area contributed by atoms with Gasteiger partial charge in [0.1, 0.15) is 0 Å². The third kappa shape index (κ3) is 6.32. The molecule has 2 aromatic carbocycles. The molecule has 6 heteroatoms. The molecular formula is C19H24N2O3S. The number of carbonyl (C=O) groups is 1. The molecule has 0 aliphatic carbocycles. The quantitative estimate of drug-likeness (QED) is 0.674. The van der Waals surface area contributed by atoms with Crippen molar-refractivity contribution in [3.05, 3.63) is 65.7 Å². The van der Waals surface area contributed by atoms with Crippen molar-refractivity contribution in [1.82, 2.24) is 10.0 Å². The molecule has 0 aliphatic heterocycles. The molecule has 0 spiro atoms. The Bertz CT molecular complexity index is 772. The molecule has 0 aliphatic rings. The average molecular weight is 360 g/mol. The fraction of sp³-hybridized carbons (Fsp3) is 0.316. The zero-order valence-corrected chi connectivity index (χ0v) is 15.2. The van der Waals surface area contributed by atoms with Crippen LogP contribution in [0.4, 0.5) is 0 Å². The van der Waals surface area contributed by atoms with Crippen LogP contribution in [0.5, 0.6) is 0 Å². The third-order valence-corrected chi connectivity index (χ3v) is 5.38. The summed E-state index contributed by atoms with van der Waals surface area (Å²) in [6.07, 6.45) is 2.84. The maximum absolute atomic E-state index is 11.9. The minimum atomic E-state index is -3.41. The molecule has 0 saturated carbocycles. The lowest BCUT2D eigenvalue weighted by Gasteiger charge is -2.07. The Morgan fingerprint density at radius 1 is 0.920 bits per heavy atom. The molecule has 0 aromatic heterocycles. The van der Waals surface area contributed by atoms with Crippen LogP contribution in [0.2, 0.25) is 0 Å². The fourth-order valence-electron chi connectivity index (χ4n) is 2.46. The van der Waals surface area contributed by atoms with Gasteiger partial charge in [-0.2, -0.15) is 0 Å². The van der Waals surface area contributed by atoms with Gasteiger partial charge in [-0.1, -0.05) is 42.5 Å². The summed E-state index contributed by atoms with van der Waals surface area (Å²) < 4.78 is 25.6. The molecule has 0 atom stereocenters. The maximum atomic E-state index is 11.9. The van der Waals surface area contributed by atoms with Gasteiger partial charge in [0.25, 0.3) is 0 Å². The monoisotopic (exact) mass is 360 g/mol. The van der Waals surface area contributed by atoms with Gasteiger partial charge < -0.3 is 5.32 Å². The van der Waals surface area contributed by atoms with Gasteiger partial charge in [-0.25, -0.2) is 13.1 Å². The molecule has 0 saturated heterocycles. The number of hydrogen-bond donors (Lipinski definition) is 2. The predicted molar refractivity (Wildman–Crippen MR) is 98.8 cm³/mol. The van der Waals surface area contributed by atoms with Crippen LogP contribution in [0, 0.1) is 0 Å². The van der Waals surface area contributed by atoms with Gasteiger partial charge in [0, 0.05) is 13.0 Å². The van der Waals surface area contributed by atoms with Crippen molar-refractivity contribution in [2.75, 3.05) is 13.6 Å². The van der Waals surface area contributed by atoms with E-state index in [9.17, 15) is 13.2 Å². The second-order valence-electron chi connectivity index (χ2n) is 5.79. The molecule has 0 unspecified atom stereocenters. The van der Waals surface area contributed by atoms with Crippen LogP contribution in [-0.2, 0) is 27.7 Å². The van der Waals surface area contributed by atoms with Crippen molar-refractivity contribution in [2.45, 2.75) is 30.6 Å². The number of carbonyl (C=O) groups excluding carboxylic acids is 1. The summed E-state index contributed by atoms with van der Waals surface area (Å²) >= 11 is 0. The molecule has 5 nitrogen and oxygen atoms in total. The van der Waals surface area contributed by atoms with Crippen LogP contribution in [0.1, 0.15) is 24.0 Å². The molecule has 1 amide bonds. The first-order chi connectivity index (χ1) is 12.0. The molecule has 25 heavy (non-hydrogen) atoms. The predicted octanol–water partition coefficient (Wildman–Crippen LogP) is 2.28. The molecule has 0 fully saturated rings. The van der Waals surface area contributed by atoms with Gasteiger partial charge in [-0.3, -0.25) is 4.79 Å². The SMILES string of the molecule is CNS(=O)(=O)c1ccc(CCC(=O)NCCCc2ccccc2)cc1. The highest BCUT2D eigenvalue weighted by atomic mass is 32.2. The van der Waals surface area contributed by atoms with E-state index in [1.54, 1.807) is 24.3 Å². The smallest absolute Gasteiger partial charge is 0.240 e. The molecule has 2 aromatic rings. The Kier molecular flexibility index (Phi) is 7.16. The number of sulfonamides is 1. The van der Waals surface area contributed by atoms with Crippen molar-refractivity contribution < 1.29 is 13.2 Å². The van der Waals surface area contributed by atoms with Crippen LogP contribution in [0.3, 0.4) is 0 Å². The van der Waals surface area contributed by atoms with Crippen LogP contribution >= 0.6 is 0 Å². The molecule has 0 heterocycles. The second kappa shape index (κ2) is 9.34. The summed E-state index contributed by atoms with van der Waals surface area (Å²) in [5.41, 5.74) is 2.21. The van der Waals surface area contributed by atoms with Crippen molar-refractivity contribution in [3.8, 4) is 0 Å². The van der Waals surface area contributed by atoms with E-state index in [0.29, 0.717) is 19.4 Å². The average Bonchev–Trinajstić information content (AvgIpc) is 2.65. The molecule has 2 N–H and O–H groups in total. The highest BCUT2D eigenvalue weighted by molar-refractivity contribution is 7.89. The molecular weight excluding hydrogens is 336 g/mol. The van der Waals surface area contributed by atoms with Gasteiger partial charge in [0.2, 0.25) is 15.9 Å². The first-order valence-electron chi connectivity index (χ1n) is 8.34. The van der Waals surface area contributed by atoms with Crippen LogP contribution in [-0.4, -0.2) is 27.9 Å². The summed E-state index contributed by atoms with van der Waals surface area (Å²) in [6, 6.07) is 16.8. The number of hydrogen-bond acceptors (Lipinski definition) is 3. The first-order valence-corrected chi connectivity index (χ1v) is 9.83. The second-order valence-corrected chi connectivity index (χ2v) is 7.68. The Hall–Kier alpha value is -2.18. The van der Waals surface area contributed by atoms with E-state index in [1.807, 2.05) is 18.2 Å². The first kappa shape index (κ1) is 19.1. The summed E-state index contributed by atoms with van der Waals surface area (Å²) in [4.78, 5) is 12.1. The van der Waals surface area contributed by atoms with E-state index < -0.39 is 10.0 Å². The molecule has 134 valence electrons. The Balaban J connectivity index is 1.69. The Morgan fingerprint density at radius 3 is 2.20 bits per heavy atom. The number of nitrogens with one attached hydrogen (secondary N) is 2. The maximum Gasteiger partial charge on any atom is 0.240 e. The Morgan fingerprint density at radius 2 is 1.56 bits per heavy atom. The van der Waals surface area contributed by atoms with Crippen molar-refractivity contribution >= 4 is 15.9 Å². The van der Waals surface area contributed by atoms with E-state index in [-0.39, 0.29) is 10.8 Å². The highest BCUT2D eigenvalue weighted by Crippen LogP contribution is 2.11. The van der Waals surface area contributed by atoms with Crippen LogP contribution in [0.15, 0.2) is 59.5 Å². The summed E-state index contributed by atoms with van der Waals surface area (Å²) in [5.74, 6) is 0.0139. The standard InChI is InChI=1S/C19H24N2O3S/c1-20-25(23,24)18-12-9-17(10-13-18)11-14-19(22)21-15-5-8-16-6-3-2-4-7-16/h2-4,6-7,9-10,12-13,20H,5,8,11,14-15H2,1H3,(H,21,22). The largest absolute Gasteiger partial charge is 0.356 e. The zero-order valence-electron chi connectivity index (χ0n) is 14.4. The minimum Gasteiger partial charge on any atom is -0.356 e. The topological polar surface area (TPSA) is 75.3 Å². The Labute approximate surface area is 149 Å². The van der Waals surface area contributed by atoms with Crippen molar-refractivity contribution in [2.24, 2.45) is 0 Å². The summed E-state index contributed by atoms with van der Waals surface area (Å²) in [5, 5.41) is 2.92. The molecule has 2 rings (SSSR count). The van der Waals surface area contributed by atoms with Crippen molar-refractivity contribution in [3.63, 3.8) is 0 Å². The normalized spacial score (nSPS) is 11.2. The lowest BCUT2D eigenvalue weighted by atomic mass is 10.1. The fourth-order valence-corrected chi connectivity index (χ4v) is 3.19. The molecule has 0 bridgehead atoms. The number of benzene rings is 2. The third-order valence-electron chi connectivity index (χ3n) is 3.95. The molecule has 0 radical (unpaired) electrons.